The predicted octanol–water partition coefficient (Wildman–Crippen LogP) is 4.12. The average molecular weight is 355 g/mol. The number of anilines is 1. The van der Waals surface area contributed by atoms with Gasteiger partial charge in [0, 0.05) is 29.2 Å². The molecule has 0 aliphatic rings. The number of halogens is 2. The van der Waals surface area contributed by atoms with Gasteiger partial charge in [-0.15, -0.1) is 0 Å². The number of methoxy groups -OCH3 is 1. The number of benzene rings is 2. The van der Waals surface area contributed by atoms with Gasteiger partial charge >= 0.3 is 0 Å². The Kier molecular flexibility index (Phi) is 4.74. The van der Waals surface area contributed by atoms with Crippen molar-refractivity contribution in [2.45, 2.75) is 6.54 Å². The minimum atomic E-state index is -0.453. The van der Waals surface area contributed by atoms with Crippen LogP contribution in [0.25, 0.3) is 0 Å². The molecule has 0 aromatic heterocycles. The van der Waals surface area contributed by atoms with Crippen LogP contribution in [0.4, 0.5) is 15.8 Å². The standard InChI is InChI=1S/C14H12BrFN2O3/c1-21-14-6-10(16)3-5-13(14)17-8-9-2-4-11(18(19)20)7-12(9)15/h2-7,17H,8H2,1H3. The monoisotopic (exact) mass is 354 g/mol. The molecule has 5 nitrogen and oxygen atoms in total. The SMILES string of the molecule is COc1cc(F)ccc1NCc1ccc([N+](=O)[O-])cc1Br. The highest BCUT2D eigenvalue weighted by Crippen LogP contribution is 2.27. The molecule has 0 amide bonds. The molecule has 0 atom stereocenters. The summed E-state index contributed by atoms with van der Waals surface area (Å²) < 4.78 is 18.8. The third-order valence-electron chi connectivity index (χ3n) is 2.88. The van der Waals surface area contributed by atoms with Crippen molar-refractivity contribution in [3.63, 3.8) is 0 Å². The maximum Gasteiger partial charge on any atom is 0.270 e. The first-order chi connectivity index (χ1) is 10.0. The minimum absolute atomic E-state index is 0.0185. The van der Waals surface area contributed by atoms with Crippen LogP contribution in [0.5, 0.6) is 5.75 Å². The van der Waals surface area contributed by atoms with Crippen molar-refractivity contribution in [1.29, 1.82) is 0 Å². The van der Waals surface area contributed by atoms with Gasteiger partial charge in [-0.3, -0.25) is 10.1 Å². The van der Waals surface area contributed by atoms with E-state index >= 15 is 0 Å². The first-order valence-corrected chi connectivity index (χ1v) is 6.81. The van der Waals surface area contributed by atoms with Crippen LogP contribution < -0.4 is 10.1 Å². The molecule has 2 aromatic rings. The van der Waals surface area contributed by atoms with Crippen LogP contribution in [0.1, 0.15) is 5.56 Å². The molecule has 0 radical (unpaired) electrons. The number of hydrogen-bond donors (Lipinski definition) is 1. The quantitative estimate of drug-likeness (QED) is 0.647. The number of nitrogens with zero attached hydrogens (tertiary/aromatic N) is 1. The van der Waals surface area contributed by atoms with E-state index in [0.717, 1.165) is 5.56 Å². The van der Waals surface area contributed by atoms with Crippen LogP contribution >= 0.6 is 15.9 Å². The van der Waals surface area contributed by atoms with Gasteiger partial charge in [0.1, 0.15) is 11.6 Å². The molecule has 0 heterocycles. The van der Waals surface area contributed by atoms with Gasteiger partial charge in [0.25, 0.3) is 5.69 Å². The summed E-state index contributed by atoms with van der Waals surface area (Å²) >= 11 is 3.30. The van der Waals surface area contributed by atoms with E-state index in [-0.39, 0.29) is 11.5 Å². The molecule has 2 aromatic carbocycles. The number of rotatable bonds is 5. The van der Waals surface area contributed by atoms with Gasteiger partial charge in [0.05, 0.1) is 17.7 Å². The van der Waals surface area contributed by atoms with E-state index in [4.69, 9.17) is 4.74 Å². The summed E-state index contributed by atoms with van der Waals surface area (Å²) in [6.07, 6.45) is 0. The maximum atomic E-state index is 13.1. The summed E-state index contributed by atoms with van der Waals surface area (Å²) in [5.41, 5.74) is 1.50. The molecule has 0 fully saturated rings. The number of nitro groups is 1. The van der Waals surface area contributed by atoms with Crippen LogP contribution in [0, 0.1) is 15.9 Å². The summed E-state index contributed by atoms with van der Waals surface area (Å²) in [6, 6.07) is 8.73. The van der Waals surface area contributed by atoms with Gasteiger partial charge in [0.15, 0.2) is 0 Å². The highest BCUT2D eigenvalue weighted by atomic mass is 79.9. The van der Waals surface area contributed by atoms with Crippen molar-refractivity contribution >= 4 is 27.3 Å². The van der Waals surface area contributed by atoms with Crippen molar-refractivity contribution in [3.05, 3.63) is 62.4 Å². The normalized spacial score (nSPS) is 10.2. The Bertz CT molecular complexity index is 679. The predicted molar refractivity (Wildman–Crippen MR) is 81.1 cm³/mol. The van der Waals surface area contributed by atoms with Gasteiger partial charge in [-0.25, -0.2) is 4.39 Å². The molecule has 0 spiro atoms. The van der Waals surface area contributed by atoms with Gasteiger partial charge in [-0.1, -0.05) is 15.9 Å². The molecule has 0 saturated carbocycles. The van der Waals surface area contributed by atoms with Crippen LogP contribution in [0.2, 0.25) is 0 Å². The second kappa shape index (κ2) is 6.53. The maximum absolute atomic E-state index is 13.1. The number of non-ortho nitro benzene ring substituents is 1. The van der Waals surface area contributed by atoms with E-state index < -0.39 is 4.92 Å². The van der Waals surface area contributed by atoms with E-state index in [0.29, 0.717) is 22.5 Å². The molecule has 1 N–H and O–H groups in total. The molecule has 0 saturated heterocycles. The van der Waals surface area contributed by atoms with E-state index in [9.17, 15) is 14.5 Å². The van der Waals surface area contributed by atoms with Crippen molar-refractivity contribution in [2.24, 2.45) is 0 Å². The molecule has 2 rings (SSSR count). The fraction of sp³-hybridized carbons (Fsp3) is 0.143. The van der Waals surface area contributed by atoms with E-state index in [1.807, 2.05) is 0 Å². The van der Waals surface area contributed by atoms with E-state index in [1.165, 1.54) is 31.4 Å². The second-order valence-electron chi connectivity index (χ2n) is 4.23. The molecule has 0 aliphatic heterocycles. The van der Waals surface area contributed by atoms with Crippen molar-refractivity contribution in [3.8, 4) is 5.75 Å². The smallest absolute Gasteiger partial charge is 0.270 e. The Labute approximate surface area is 129 Å². The number of ether oxygens (including phenoxy) is 1. The lowest BCUT2D eigenvalue weighted by atomic mass is 10.2. The molecular weight excluding hydrogens is 343 g/mol. The Morgan fingerprint density at radius 1 is 1.33 bits per heavy atom. The molecule has 0 bridgehead atoms. The van der Waals surface area contributed by atoms with E-state index in [1.54, 1.807) is 12.1 Å². The van der Waals surface area contributed by atoms with Crippen LogP contribution in [-0.4, -0.2) is 12.0 Å². The summed E-state index contributed by atoms with van der Waals surface area (Å²) in [4.78, 5) is 10.2. The number of nitro benzene ring substituents is 1. The molecular formula is C14H12BrFN2O3. The topological polar surface area (TPSA) is 64.4 Å². The second-order valence-corrected chi connectivity index (χ2v) is 5.09. The van der Waals surface area contributed by atoms with Crippen LogP contribution in [-0.2, 0) is 6.54 Å². The zero-order valence-corrected chi connectivity index (χ0v) is 12.7. The van der Waals surface area contributed by atoms with Crippen molar-refractivity contribution in [2.75, 3.05) is 12.4 Å². The lowest BCUT2D eigenvalue weighted by molar-refractivity contribution is -0.384. The highest BCUT2D eigenvalue weighted by molar-refractivity contribution is 9.10. The molecule has 0 aliphatic carbocycles. The molecule has 21 heavy (non-hydrogen) atoms. The summed E-state index contributed by atoms with van der Waals surface area (Å²) in [5.74, 6) is 0.0157. The van der Waals surface area contributed by atoms with E-state index in [2.05, 4.69) is 21.2 Å². The summed E-state index contributed by atoms with van der Waals surface area (Å²) in [6.45, 7) is 0.417. The molecule has 0 unspecified atom stereocenters. The number of nitrogens with one attached hydrogen (secondary N) is 1. The average Bonchev–Trinajstić information content (AvgIpc) is 2.46. The van der Waals surface area contributed by atoms with Crippen molar-refractivity contribution < 1.29 is 14.1 Å². The number of hydrogen-bond acceptors (Lipinski definition) is 4. The largest absolute Gasteiger partial charge is 0.494 e. The Hall–Kier alpha value is -2.15. The molecule has 110 valence electrons. The minimum Gasteiger partial charge on any atom is -0.494 e. The van der Waals surface area contributed by atoms with Crippen LogP contribution in [0.3, 0.4) is 0 Å². The summed E-state index contributed by atoms with van der Waals surface area (Å²) in [5, 5.41) is 13.8. The Balaban J connectivity index is 2.15. The van der Waals surface area contributed by atoms with Gasteiger partial charge in [-0.05, 0) is 23.8 Å². The lowest BCUT2D eigenvalue weighted by Crippen LogP contribution is -2.02. The lowest BCUT2D eigenvalue weighted by Gasteiger charge is -2.12. The van der Waals surface area contributed by atoms with Gasteiger partial charge < -0.3 is 10.1 Å². The fourth-order valence-corrected chi connectivity index (χ4v) is 2.30. The summed E-state index contributed by atoms with van der Waals surface area (Å²) in [7, 11) is 1.46. The van der Waals surface area contributed by atoms with Crippen LogP contribution in [0.15, 0.2) is 40.9 Å². The first-order valence-electron chi connectivity index (χ1n) is 6.01. The third-order valence-corrected chi connectivity index (χ3v) is 3.62. The van der Waals surface area contributed by atoms with Crippen molar-refractivity contribution in [1.82, 2.24) is 0 Å². The zero-order valence-electron chi connectivity index (χ0n) is 11.1. The third kappa shape index (κ3) is 3.69. The Morgan fingerprint density at radius 3 is 2.71 bits per heavy atom. The highest BCUT2D eigenvalue weighted by Gasteiger charge is 2.10. The molecule has 7 heteroatoms. The Morgan fingerprint density at radius 2 is 2.10 bits per heavy atom. The zero-order chi connectivity index (χ0) is 15.4. The van der Waals surface area contributed by atoms with Gasteiger partial charge in [-0.2, -0.15) is 0 Å². The van der Waals surface area contributed by atoms with Gasteiger partial charge in [0.2, 0.25) is 0 Å². The first kappa shape index (κ1) is 15.2. The fourth-order valence-electron chi connectivity index (χ4n) is 1.79.